The first-order valence-electron chi connectivity index (χ1n) is 5.05. The summed E-state index contributed by atoms with van der Waals surface area (Å²) in [5.74, 6) is 0.412. The molecule has 0 aromatic heterocycles. The highest BCUT2D eigenvalue weighted by Gasteiger charge is 2.47. The highest BCUT2D eigenvalue weighted by atomic mass is 16.5. The minimum atomic E-state index is -0.411. The number of primary amides is 1. The van der Waals surface area contributed by atoms with Crippen molar-refractivity contribution < 1.29 is 9.53 Å². The maximum absolute atomic E-state index is 11.0. The Morgan fingerprint density at radius 3 is 2.93 bits per heavy atom. The number of anilines is 1. The second-order valence-corrected chi connectivity index (χ2v) is 4.21. The lowest BCUT2D eigenvalue weighted by Gasteiger charge is -2.27. The molecule has 1 aliphatic heterocycles. The van der Waals surface area contributed by atoms with Crippen LogP contribution in [0.2, 0.25) is 0 Å². The van der Waals surface area contributed by atoms with Crippen LogP contribution in [-0.2, 0) is 0 Å². The molecule has 1 amide bonds. The number of carbonyl (C=O) groups excluding carboxylic acids is 1. The summed E-state index contributed by atoms with van der Waals surface area (Å²) in [6, 6.07) is 5.25. The van der Waals surface area contributed by atoms with Gasteiger partial charge in [0.25, 0.3) is 0 Å². The molecule has 0 unspecified atom stereocenters. The summed E-state index contributed by atoms with van der Waals surface area (Å²) in [6.45, 7) is 0.822. The van der Waals surface area contributed by atoms with Crippen LogP contribution < -0.4 is 15.8 Å². The molecule has 0 atom stereocenters. The van der Waals surface area contributed by atoms with E-state index in [2.05, 4.69) is 5.32 Å². The third kappa shape index (κ3) is 1.33. The molecule has 3 rings (SSSR count). The maximum Gasteiger partial charge on any atom is 0.248 e. The SMILES string of the molecule is NC(=O)c1ccc2c(c1)NCC1(CC1)O2. The third-order valence-electron chi connectivity index (χ3n) is 3.00. The molecule has 15 heavy (non-hydrogen) atoms. The topological polar surface area (TPSA) is 64.4 Å². The van der Waals surface area contributed by atoms with Crippen LogP contribution in [0.4, 0.5) is 5.69 Å². The van der Waals surface area contributed by atoms with Gasteiger partial charge in [-0.25, -0.2) is 0 Å². The molecule has 1 fully saturated rings. The molecule has 4 nitrogen and oxygen atoms in total. The van der Waals surface area contributed by atoms with E-state index >= 15 is 0 Å². The predicted octanol–water partition coefficient (Wildman–Crippen LogP) is 1.12. The number of nitrogens with two attached hydrogens (primary N) is 1. The van der Waals surface area contributed by atoms with Crippen LogP contribution in [0.1, 0.15) is 23.2 Å². The maximum atomic E-state index is 11.0. The van der Waals surface area contributed by atoms with Crippen LogP contribution in [0.25, 0.3) is 0 Å². The number of hydrogen-bond acceptors (Lipinski definition) is 3. The van der Waals surface area contributed by atoms with E-state index in [0.29, 0.717) is 5.56 Å². The third-order valence-corrected chi connectivity index (χ3v) is 3.00. The van der Waals surface area contributed by atoms with Crippen molar-refractivity contribution in [1.82, 2.24) is 0 Å². The van der Waals surface area contributed by atoms with Crippen molar-refractivity contribution in [1.29, 1.82) is 0 Å². The Morgan fingerprint density at radius 2 is 2.27 bits per heavy atom. The monoisotopic (exact) mass is 204 g/mol. The summed E-state index contributed by atoms with van der Waals surface area (Å²) in [5.41, 5.74) is 6.61. The molecule has 0 bridgehead atoms. The molecule has 2 aliphatic rings. The van der Waals surface area contributed by atoms with Crippen molar-refractivity contribution in [3.8, 4) is 5.75 Å². The van der Waals surface area contributed by atoms with Gasteiger partial charge in [0, 0.05) is 5.56 Å². The first-order valence-corrected chi connectivity index (χ1v) is 5.05. The molecule has 1 aromatic carbocycles. The van der Waals surface area contributed by atoms with E-state index in [0.717, 1.165) is 30.8 Å². The zero-order valence-electron chi connectivity index (χ0n) is 8.25. The Hall–Kier alpha value is -1.71. The van der Waals surface area contributed by atoms with Crippen LogP contribution in [0.15, 0.2) is 18.2 Å². The minimum Gasteiger partial charge on any atom is -0.483 e. The predicted molar refractivity (Wildman–Crippen MR) is 56.0 cm³/mol. The molecule has 1 spiro atoms. The van der Waals surface area contributed by atoms with Gasteiger partial charge in [0.2, 0.25) is 5.91 Å². The van der Waals surface area contributed by atoms with Gasteiger partial charge < -0.3 is 15.8 Å². The number of nitrogens with one attached hydrogen (secondary N) is 1. The van der Waals surface area contributed by atoms with Crippen LogP contribution in [0.3, 0.4) is 0 Å². The number of carbonyl (C=O) groups is 1. The van der Waals surface area contributed by atoms with Gasteiger partial charge in [0.15, 0.2) is 0 Å². The molecule has 3 N–H and O–H groups in total. The van der Waals surface area contributed by atoms with E-state index in [9.17, 15) is 4.79 Å². The fourth-order valence-corrected chi connectivity index (χ4v) is 1.85. The van der Waals surface area contributed by atoms with Crippen LogP contribution >= 0.6 is 0 Å². The van der Waals surface area contributed by atoms with E-state index in [4.69, 9.17) is 10.5 Å². The van der Waals surface area contributed by atoms with E-state index < -0.39 is 5.91 Å². The fourth-order valence-electron chi connectivity index (χ4n) is 1.85. The molecule has 78 valence electrons. The van der Waals surface area contributed by atoms with Crippen molar-refractivity contribution in [2.75, 3.05) is 11.9 Å². The molecule has 1 aliphatic carbocycles. The standard InChI is InChI=1S/C11H12N2O2/c12-10(14)7-1-2-9-8(5-7)13-6-11(15-9)3-4-11/h1-2,5,13H,3-4,6H2,(H2,12,14). The summed E-state index contributed by atoms with van der Waals surface area (Å²) in [4.78, 5) is 11.0. The Labute approximate surface area is 87.4 Å². The Bertz CT molecular complexity index is 438. The summed E-state index contributed by atoms with van der Waals surface area (Å²) < 4.78 is 5.85. The van der Waals surface area contributed by atoms with Gasteiger partial charge in [0.1, 0.15) is 11.4 Å². The molecule has 1 aromatic rings. The number of fused-ring (bicyclic) bond motifs is 1. The second kappa shape index (κ2) is 2.66. The smallest absolute Gasteiger partial charge is 0.248 e. The van der Waals surface area contributed by atoms with Gasteiger partial charge in [-0.1, -0.05) is 0 Å². The molecule has 1 saturated carbocycles. The number of rotatable bonds is 1. The highest BCUT2D eigenvalue weighted by Crippen LogP contribution is 2.45. The van der Waals surface area contributed by atoms with Crippen molar-refractivity contribution in [2.24, 2.45) is 5.73 Å². The number of hydrogen-bond donors (Lipinski definition) is 2. The number of ether oxygens (including phenoxy) is 1. The summed E-state index contributed by atoms with van der Waals surface area (Å²) in [6.07, 6.45) is 2.22. The van der Waals surface area contributed by atoms with Crippen LogP contribution in [-0.4, -0.2) is 18.1 Å². The van der Waals surface area contributed by atoms with Gasteiger partial charge in [-0.15, -0.1) is 0 Å². The van der Waals surface area contributed by atoms with Gasteiger partial charge in [-0.3, -0.25) is 4.79 Å². The Morgan fingerprint density at radius 1 is 1.47 bits per heavy atom. The van der Waals surface area contributed by atoms with Gasteiger partial charge in [0.05, 0.1) is 12.2 Å². The lowest BCUT2D eigenvalue weighted by atomic mass is 10.1. The molecule has 0 saturated heterocycles. The summed E-state index contributed by atoms with van der Waals surface area (Å²) in [5, 5.41) is 3.28. The molecule has 1 heterocycles. The largest absolute Gasteiger partial charge is 0.483 e. The summed E-state index contributed by atoms with van der Waals surface area (Å²) >= 11 is 0. The first kappa shape index (κ1) is 8.59. The summed E-state index contributed by atoms with van der Waals surface area (Å²) in [7, 11) is 0. The van der Waals surface area contributed by atoms with Gasteiger partial charge in [-0.05, 0) is 31.0 Å². The van der Waals surface area contributed by atoms with E-state index in [1.807, 2.05) is 6.07 Å². The normalized spacial score (nSPS) is 20.0. The van der Waals surface area contributed by atoms with Crippen molar-refractivity contribution in [2.45, 2.75) is 18.4 Å². The van der Waals surface area contributed by atoms with E-state index in [1.165, 1.54) is 0 Å². The highest BCUT2D eigenvalue weighted by molar-refractivity contribution is 5.94. The molecule has 4 heteroatoms. The number of benzene rings is 1. The van der Waals surface area contributed by atoms with E-state index in [-0.39, 0.29) is 5.60 Å². The van der Waals surface area contributed by atoms with Gasteiger partial charge >= 0.3 is 0 Å². The number of amides is 1. The Balaban J connectivity index is 1.97. The zero-order valence-corrected chi connectivity index (χ0v) is 8.25. The zero-order chi connectivity index (χ0) is 10.5. The van der Waals surface area contributed by atoms with E-state index in [1.54, 1.807) is 12.1 Å². The quantitative estimate of drug-likeness (QED) is 0.720. The Kier molecular flexibility index (Phi) is 1.52. The lowest BCUT2D eigenvalue weighted by molar-refractivity contribution is 0.1000. The average Bonchev–Trinajstić information content (AvgIpc) is 2.97. The molecule has 0 radical (unpaired) electrons. The van der Waals surface area contributed by atoms with Crippen molar-refractivity contribution in [3.63, 3.8) is 0 Å². The van der Waals surface area contributed by atoms with Gasteiger partial charge in [-0.2, -0.15) is 0 Å². The lowest BCUT2D eigenvalue weighted by Crippen LogP contribution is -2.32. The average molecular weight is 204 g/mol. The molecular weight excluding hydrogens is 192 g/mol. The fraction of sp³-hybridized carbons (Fsp3) is 0.364. The molecular formula is C11H12N2O2. The second-order valence-electron chi connectivity index (χ2n) is 4.21. The van der Waals surface area contributed by atoms with Crippen molar-refractivity contribution in [3.05, 3.63) is 23.8 Å². The van der Waals surface area contributed by atoms with Crippen LogP contribution in [0, 0.1) is 0 Å². The minimum absolute atomic E-state index is 0.0290. The van der Waals surface area contributed by atoms with Crippen molar-refractivity contribution >= 4 is 11.6 Å². The first-order chi connectivity index (χ1) is 7.19. The van der Waals surface area contributed by atoms with Crippen LogP contribution in [0.5, 0.6) is 5.75 Å².